The van der Waals surface area contributed by atoms with Crippen molar-refractivity contribution in [3.63, 3.8) is 0 Å². The van der Waals surface area contributed by atoms with Crippen molar-refractivity contribution in [1.82, 2.24) is 19.6 Å². The maximum atomic E-state index is 12.2. The Hall–Kier alpha value is -3.20. The van der Waals surface area contributed by atoms with Gasteiger partial charge in [0.25, 0.3) is 5.78 Å². The molecule has 1 aromatic carbocycles. The Balaban J connectivity index is 2.13. The summed E-state index contributed by atoms with van der Waals surface area (Å²) in [6.07, 6.45) is 4.14. The maximum absolute atomic E-state index is 12.2. The highest BCUT2D eigenvalue weighted by molar-refractivity contribution is 6.30. The average Bonchev–Trinajstić information content (AvgIpc) is 3.03. The van der Waals surface area contributed by atoms with E-state index < -0.39 is 16.2 Å². The van der Waals surface area contributed by atoms with Crippen molar-refractivity contribution in [2.24, 2.45) is 0 Å². The number of benzene rings is 1. The van der Waals surface area contributed by atoms with Gasteiger partial charge in [0.15, 0.2) is 5.69 Å². The quantitative estimate of drug-likeness (QED) is 0.551. The number of aromatic nitrogens is 4. The van der Waals surface area contributed by atoms with Gasteiger partial charge >= 0.3 is 11.2 Å². The fourth-order valence-electron chi connectivity index (χ4n) is 2.26. The van der Waals surface area contributed by atoms with E-state index in [0.717, 1.165) is 4.52 Å². The van der Waals surface area contributed by atoms with Crippen LogP contribution in [0.3, 0.4) is 0 Å². The first-order valence-electron chi connectivity index (χ1n) is 7.22. The summed E-state index contributed by atoms with van der Waals surface area (Å²) < 4.78 is 6.40. The van der Waals surface area contributed by atoms with Crippen molar-refractivity contribution >= 4 is 35.2 Å². The van der Waals surface area contributed by atoms with Crippen LogP contribution in [0.25, 0.3) is 17.9 Å². The van der Waals surface area contributed by atoms with Crippen LogP contribution in [0.2, 0.25) is 5.02 Å². The van der Waals surface area contributed by atoms with Crippen molar-refractivity contribution in [2.45, 2.75) is 6.92 Å². The summed E-state index contributed by atoms with van der Waals surface area (Å²) >= 11 is 5.99. The summed E-state index contributed by atoms with van der Waals surface area (Å²) in [6.45, 7) is 2.28. The van der Waals surface area contributed by atoms with Gasteiger partial charge in [0.05, 0.1) is 11.5 Å². The van der Waals surface area contributed by atoms with Crippen molar-refractivity contribution in [1.29, 1.82) is 0 Å². The summed E-state index contributed by atoms with van der Waals surface area (Å²) in [4.78, 5) is 30.6. The molecule has 0 bridgehead atoms. The Morgan fingerprint density at radius 3 is 2.96 bits per heavy atom. The molecule has 9 nitrogen and oxygen atoms in total. The molecule has 0 aliphatic carbocycles. The second-order valence-electron chi connectivity index (χ2n) is 4.88. The number of nitrogens with zero attached hydrogens (tertiary/aromatic N) is 4. The lowest BCUT2D eigenvalue weighted by Gasteiger charge is -2.07. The Kier molecular flexibility index (Phi) is 4.48. The summed E-state index contributed by atoms with van der Waals surface area (Å²) in [5, 5.41) is 14.2. The van der Waals surface area contributed by atoms with Gasteiger partial charge in [-0.15, -0.1) is 0 Å². The number of halogens is 1. The molecule has 0 radical (unpaired) electrons. The van der Waals surface area contributed by atoms with Crippen LogP contribution < -0.4 is 10.3 Å². The minimum absolute atomic E-state index is 0.0337. The SMILES string of the molecule is CCOc1ccc(Cl)cc1C=Cc1nc2nc[nH]n2c(=O)c1[N+](=O)[O-]. The van der Waals surface area contributed by atoms with E-state index in [-0.39, 0.29) is 11.5 Å². The molecule has 0 saturated carbocycles. The first kappa shape index (κ1) is 16.7. The van der Waals surface area contributed by atoms with Gasteiger partial charge in [-0.05, 0) is 37.3 Å². The zero-order chi connectivity index (χ0) is 18.0. The monoisotopic (exact) mass is 361 g/mol. The molecule has 0 fully saturated rings. The zero-order valence-corrected chi connectivity index (χ0v) is 13.7. The summed E-state index contributed by atoms with van der Waals surface area (Å²) in [7, 11) is 0. The Labute approximate surface area is 145 Å². The third kappa shape index (κ3) is 3.22. The topological polar surface area (TPSA) is 115 Å². The normalized spacial score (nSPS) is 11.3. The molecular formula is C15H12ClN5O4. The maximum Gasteiger partial charge on any atom is 0.361 e. The van der Waals surface area contributed by atoms with Crippen LogP contribution in [0.5, 0.6) is 5.75 Å². The van der Waals surface area contributed by atoms with Crippen LogP contribution in [0.4, 0.5) is 5.69 Å². The number of H-pyrrole nitrogens is 1. The fraction of sp³-hybridized carbons (Fsp3) is 0.133. The zero-order valence-electron chi connectivity index (χ0n) is 13.0. The highest BCUT2D eigenvalue weighted by Crippen LogP contribution is 2.25. The van der Waals surface area contributed by atoms with E-state index in [9.17, 15) is 14.9 Å². The first-order valence-corrected chi connectivity index (χ1v) is 7.60. The summed E-state index contributed by atoms with van der Waals surface area (Å²) in [6, 6.07) is 5.01. The minimum Gasteiger partial charge on any atom is -0.493 e. The lowest BCUT2D eigenvalue weighted by atomic mass is 10.1. The van der Waals surface area contributed by atoms with Crippen LogP contribution in [0, 0.1) is 10.1 Å². The van der Waals surface area contributed by atoms with Gasteiger partial charge in [-0.3, -0.25) is 20.0 Å². The fourth-order valence-corrected chi connectivity index (χ4v) is 2.44. The smallest absolute Gasteiger partial charge is 0.361 e. The van der Waals surface area contributed by atoms with Crippen LogP contribution in [0.1, 0.15) is 18.2 Å². The van der Waals surface area contributed by atoms with Gasteiger partial charge in [-0.1, -0.05) is 11.6 Å². The molecular weight excluding hydrogens is 350 g/mol. The second kappa shape index (κ2) is 6.73. The van der Waals surface area contributed by atoms with Gasteiger partial charge in [-0.2, -0.15) is 4.52 Å². The summed E-state index contributed by atoms with van der Waals surface area (Å²) in [5.41, 5.74) is -1.00. The largest absolute Gasteiger partial charge is 0.493 e. The lowest BCUT2D eigenvalue weighted by molar-refractivity contribution is -0.386. The van der Waals surface area contributed by atoms with E-state index in [0.29, 0.717) is 22.9 Å². The molecule has 10 heteroatoms. The number of hydrogen-bond donors (Lipinski definition) is 1. The highest BCUT2D eigenvalue weighted by atomic mass is 35.5. The molecule has 0 saturated heterocycles. The molecule has 3 aromatic rings. The Bertz CT molecular complexity index is 1040. The van der Waals surface area contributed by atoms with Crippen molar-refractivity contribution in [3.8, 4) is 5.75 Å². The van der Waals surface area contributed by atoms with Crippen LogP contribution in [-0.4, -0.2) is 31.1 Å². The average molecular weight is 362 g/mol. The number of rotatable bonds is 5. The predicted octanol–water partition coefficient (Wildman–Crippen LogP) is 2.55. The van der Waals surface area contributed by atoms with Gasteiger partial charge < -0.3 is 4.74 Å². The summed E-state index contributed by atoms with van der Waals surface area (Å²) in [5.74, 6) is 0.592. The molecule has 1 N–H and O–H groups in total. The molecule has 0 unspecified atom stereocenters. The molecule has 0 amide bonds. The van der Waals surface area contributed by atoms with E-state index in [4.69, 9.17) is 16.3 Å². The van der Waals surface area contributed by atoms with E-state index in [1.807, 2.05) is 6.92 Å². The number of fused-ring (bicyclic) bond motifs is 1. The van der Waals surface area contributed by atoms with E-state index in [2.05, 4.69) is 15.1 Å². The molecule has 0 aliphatic heterocycles. The number of ether oxygens (including phenoxy) is 1. The van der Waals surface area contributed by atoms with Gasteiger partial charge in [0.1, 0.15) is 12.1 Å². The molecule has 3 rings (SSSR count). The minimum atomic E-state index is -0.844. The Morgan fingerprint density at radius 2 is 2.24 bits per heavy atom. The van der Waals surface area contributed by atoms with E-state index >= 15 is 0 Å². The third-order valence-electron chi connectivity index (χ3n) is 3.31. The second-order valence-corrected chi connectivity index (χ2v) is 5.32. The van der Waals surface area contributed by atoms with E-state index in [1.165, 1.54) is 12.4 Å². The molecule has 0 atom stereocenters. The van der Waals surface area contributed by atoms with Crippen LogP contribution in [0.15, 0.2) is 29.3 Å². The molecule has 0 spiro atoms. The number of aromatic amines is 1. The van der Waals surface area contributed by atoms with Crippen molar-refractivity contribution in [3.05, 3.63) is 61.3 Å². The molecule has 2 aromatic heterocycles. The predicted molar refractivity (Wildman–Crippen MR) is 91.8 cm³/mol. The number of hydrogen-bond acceptors (Lipinski definition) is 6. The molecule has 128 valence electrons. The molecule has 25 heavy (non-hydrogen) atoms. The number of nitro groups is 1. The van der Waals surface area contributed by atoms with Crippen LogP contribution in [-0.2, 0) is 0 Å². The highest BCUT2D eigenvalue weighted by Gasteiger charge is 2.22. The van der Waals surface area contributed by atoms with Crippen molar-refractivity contribution < 1.29 is 9.66 Å². The van der Waals surface area contributed by atoms with Gasteiger partial charge in [-0.25, -0.2) is 9.97 Å². The van der Waals surface area contributed by atoms with E-state index in [1.54, 1.807) is 24.3 Å². The lowest BCUT2D eigenvalue weighted by Crippen LogP contribution is -2.20. The van der Waals surface area contributed by atoms with Gasteiger partial charge in [0.2, 0.25) is 0 Å². The molecule has 2 heterocycles. The standard InChI is InChI=1S/C15H12ClN5O4/c1-2-25-12-6-4-10(16)7-9(12)3-5-11-13(21(23)24)14(22)20-15(19-11)17-8-18-20/h3-8H,2H2,1H3,(H,17,18,19). The Morgan fingerprint density at radius 1 is 1.44 bits per heavy atom. The van der Waals surface area contributed by atoms with Crippen molar-refractivity contribution in [2.75, 3.05) is 6.61 Å². The van der Waals surface area contributed by atoms with Gasteiger partial charge in [0, 0.05) is 10.6 Å². The number of nitrogens with one attached hydrogen (secondary N) is 1. The van der Waals surface area contributed by atoms with Crippen LogP contribution >= 0.6 is 11.6 Å². The molecule has 0 aliphatic rings. The first-order chi connectivity index (χ1) is 12.0. The third-order valence-corrected chi connectivity index (χ3v) is 3.55.